The molecule has 0 aromatic rings. The third-order valence-corrected chi connectivity index (χ3v) is 9.87. The number of allylic oxidation sites excluding steroid dienone is 14. The largest absolute Gasteiger partial charge is 0.462 e. The standard InChI is InChI=1S/C53H88O6/c1-4-7-10-13-16-19-22-25-26-27-29-31-34-37-40-43-46-52(55)58-49-50(48-57-51(54)45-42-39-36-33-30-24-21-18-15-12-9-6-3)59-53(56)47-44-41-38-35-32-28-23-20-17-14-11-8-5-2/h8,11,17-22,26-28,32,38,41,50H,4-7,9-10,12-16,23-25,29-31,33-37,39-40,42-49H2,1-3H3/b11-8-,20-17-,21-18-,22-19-,27-26-,32-28-,41-38-. The fourth-order valence-electron chi connectivity index (χ4n) is 6.24. The van der Waals surface area contributed by atoms with Gasteiger partial charge in [-0.3, -0.25) is 14.4 Å². The maximum atomic E-state index is 12.7. The zero-order valence-electron chi connectivity index (χ0n) is 38.2. The molecule has 336 valence electrons. The molecule has 0 fully saturated rings. The molecule has 0 bridgehead atoms. The molecule has 0 aliphatic carbocycles. The van der Waals surface area contributed by atoms with E-state index in [0.717, 1.165) is 103 Å². The van der Waals surface area contributed by atoms with E-state index < -0.39 is 12.1 Å². The van der Waals surface area contributed by atoms with Gasteiger partial charge in [-0.05, 0) is 103 Å². The van der Waals surface area contributed by atoms with Crippen molar-refractivity contribution >= 4 is 17.9 Å². The van der Waals surface area contributed by atoms with Crippen LogP contribution in [0.3, 0.4) is 0 Å². The van der Waals surface area contributed by atoms with Crippen LogP contribution in [0.4, 0.5) is 0 Å². The van der Waals surface area contributed by atoms with Crippen LogP contribution in [-0.2, 0) is 28.6 Å². The van der Waals surface area contributed by atoms with Crippen molar-refractivity contribution in [2.45, 2.75) is 219 Å². The molecule has 0 heterocycles. The minimum atomic E-state index is -0.822. The first-order valence-electron chi connectivity index (χ1n) is 24.1. The number of hydrogen-bond donors (Lipinski definition) is 0. The Morgan fingerprint density at radius 1 is 0.356 bits per heavy atom. The average Bonchev–Trinajstić information content (AvgIpc) is 3.23. The normalized spacial score (nSPS) is 12.8. The lowest BCUT2D eigenvalue weighted by Crippen LogP contribution is -2.30. The summed E-state index contributed by atoms with van der Waals surface area (Å²) in [6, 6.07) is 0. The molecule has 0 aromatic carbocycles. The summed E-state index contributed by atoms with van der Waals surface area (Å²) in [5.41, 5.74) is 0. The van der Waals surface area contributed by atoms with E-state index in [2.05, 4.69) is 93.7 Å². The van der Waals surface area contributed by atoms with Crippen molar-refractivity contribution in [3.05, 3.63) is 85.1 Å². The fraction of sp³-hybridized carbons (Fsp3) is 0.679. The van der Waals surface area contributed by atoms with Gasteiger partial charge in [0, 0.05) is 19.3 Å². The number of carbonyl (C=O) groups is 3. The van der Waals surface area contributed by atoms with E-state index in [-0.39, 0.29) is 31.6 Å². The van der Waals surface area contributed by atoms with Gasteiger partial charge in [0.1, 0.15) is 13.2 Å². The first kappa shape index (κ1) is 55.6. The van der Waals surface area contributed by atoms with Crippen molar-refractivity contribution in [3.8, 4) is 0 Å². The van der Waals surface area contributed by atoms with Crippen LogP contribution < -0.4 is 0 Å². The summed E-state index contributed by atoms with van der Waals surface area (Å²) in [6.45, 7) is 6.38. The SMILES string of the molecule is CC/C=C\C/C=C\C/C=C\C/C=C\CCC(=O)OC(COC(=O)CCCCCCC/C=C\C/C=C\CCCCCC)COC(=O)CCCCCCC/C=C\CCCCC. The first-order chi connectivity index (χ1) is 29.0. The predicted molar refractivity (Wildman–Crippen MR) is 251 cm³/mol. The molecule has 0 saturated heterocycles. The number of rotatable bonds is 42. The van der Waals surface area contributed by atoms with Gasteiger partial charge in [0.25, 0.3) is 0 Å². The number of ether oxygens (including phenoxy) is 3. The van der Waals surface area contributed by atoms with E-state index in [0.29, 0.717) is 19.3 Å². The minimum Gasteiger partial charge on any atom is -0.462 e. The van der Waals surface area contributed by atoms with E-state index in [1.54, 1.807) is 0 Å². The van der Waals surface area contributed by atoms with E-state index in [1.165, 1.54) is 64.2 Å². The molecule has 0 aliphatic rings. The quantitative estimate of drug-likeness (QED) is 0.0264. The highest BCUT2D eigenvalue weighted by Crippen LogP contribution is 2.12. The molecule has 0 aromatic heterocycles. The first-order valence-corrected chi connectivity index (χ1v) is 24.1. The number of hydrogen-bond acceptors (Lipinski definition) is 6. The monoisotopic (exact) mass is 821 g/mol. The summed E-state index contributed by atoms with van der Waals surface area (Å²) in [4.78, 5) is 37.8. The smallest absolute Gasteiger partial charge is 0.306 e. The molecule has 0 saturated carbocycles. The van der Waals surface area contributed by atoms with Gasteiger partial charge in [0.05, 0.1) is 0 Å². The van der Waals surface area contributed by atoms with Crippen molar-refractivity contribution in [1.82, 2.24) is 0 Å². The lowest BCUT2D eigenvalue weighted by Gasteiger charge is -2.18. The molecule has 0 amide bonds. The van der Waals surface area contributed by atoms with Gasteiger partial charge in [0.2, 0.25) is 0 Å². The summed E-state index contributed by atoms with van der Waals surface area (Å²) in [5, 5.41) is 0. The van der Waals surface area contributed by atoms with Crippen LogP contribution in [0.25, 0.3) is 0 Å². The topological polar surface area (TPSA) is 78.9 Å². The van der Waals surface area contributed by atoms with E-state index in [9.17, 15) is 14.4 Å². The lowest BCUT2D eigenvalue weighted by atomic mass is 10.1. The highest BCUT2D eigenvalue weighted by molar-refractivity contribution is 5.71. The lowest BCUT2D eigenvalue weighted by molar-refractivity contribution is -0.166. The molecular weight excluding hydrogens is 733 g/mol. The Morgan fingerprint density at radius 2 is 0.695 bits per heavy atom. The van der Waals surface area contributed by atoms with Gasteiger partial charge in [-0.1, -0.05) is 176 Å². The van der Waals surface area contributed by atoms with E-state index in [4.69, 9.17) is 14.2 Å². The zero-order valence-corrected chi connectivity index (χ0v) is 38.2. The van der Waals surface area contributed by atoms with Crippen molar-refractivity contribution in [3.63, 3.8) is 0 Å². The predicted octanol–water partition coefficient (Wildman–Crippen LogP) is 15.6. The molecule has 59 heavy (non-hydrogen) atoms. The molecule has 0 rings (SSSR count). The molecule has 1 unspecified atom stereocenters. The van der Waals surface area contributed by atoms with Gasteiger partial charge in [0.15, 0.2) is 6.10 Å². The Labute approximate surface area is 363 Å². The average molecular weight is 821 g/mol. The second-order valence-corrected chi connectivity index (χ2v) is 15.6. The van der Waals surface area contributed by atoms with Crippen LogP contribution in [0.15, 0.2) is 85.1 Å². The maximum absolute atomic E-state index is 12.7. The molecule has 0 spiro atoms. The Morgan fingerprint density at radius 3 is 1.15 bits per heavy atom. The summed E-state index contributed by atoms with van der Waals surface area (Å²) in [6.07, 6.45) is 60.0. The second kappa shape index (κ2) is 47.3. The molecule has 0 aliphatic heterocycles. The van der Waals surface area contributed by atoms with Crippen LogP contribution in [0.5, 0.6) is 0 Å². The maximum Gasteiger partial charge on any atom is 0.306 e. The molecule has 0 N–H and O–H groups in total. The highest BCUT2D eigenvalue weighted by atomic mass is 16.6. The Bertz CT molecular complexity index is 1170. The van der Waals surface area contributed by atoms with Crippen LogP contribution in [-0.4, -0.2) is 37.2 Å². The third-order valence-electron chi connectivity index (χ3n) is 9.87. The molecule has 6 nitrogen and oxygen atoms in total. The molecule has 6 heteroatoms. The third kappa shape index (κ3) is 45.5. The van der Waals surface area contributed by atoms with Gasteiger partial charge < -0.3 is 14.2 Å². The Kier molecular flexibility index (Phi) is 44.5. The van der Waals surface area contributed by atoms with Crippen LogP contribution in [0.2, 0.25) is 0 Å². The fourth-order valence-corrected chi connectivity index (χ4v) is 6.24. The van der Waals surface area contributed by atoms with Crippen LogP contribution in [0, 0.1) is 0 Å². The summed E-state index contributed by atoms with van der Waals surface area (Å²) in [5.74, 6) is -1.03. The van der Waals surface area contributed by atoms with Gasteiger partial charge in [-0.2, -0.15) is 0 Å². The van der Waals surface area contributed by atoms with Gasteiger partial charge in [-0.15, -0.1) is 0 Å². The molecular formula is C53H88O6. The van der Waals surface area contributed by atoms with Crippen molar-refractivity contribution in [1.29, 1.82) is 0 Å². The van der Waals surface area contributed by atoms with E-state index >= 15 is 0 Å². The summed E-state index contributed by atoms with van der Waals surface area (Å²) >= 11 is 0. The van der Waals surface area contributed by atoms with Crippen molar-refractivity contribution in [2.24, 2.45) is 0 Å². The van der Waals surface area contributed by atoms with Gasteiger partial charge >= 0.3 is 17.9 Å². The Balaban J connectivity index is 4.51. The van der Waals surface area contributed by atoms with E-state index in [1.807, 2.05) is 12.2 Å². The number of unbranched alkanes of at least 4 members (excludes halogenated alkanes) is 17. The molecule has 0 radical (unpaired) electrons. The minimum absolute atomic E-state index is 0.115. The number of esters is 3. The highest BCUT2D eigenvalue weighted by Gasteiger charge is 2.19. The number of carbonyl (C=O) groups excluding carboxylic acids is 3. The van der Waals surface area contributed by atoms with Gasteiger partial charge in [-0.25, -0.2) is 0 Å². The van der Waals surface area contributed by atoms with Crippen molar-refractivity contribution < 1.29 is 28.6 Å². The molecule has 1 atom stereocenters. The zero-order chi connectivity index (χ0) is 43.0. The second-order valence-electron chi connectivity index (χ2n) is 15.6. The summed E-state index contributed by atoms with van der Waals surface area (Å²) < 4.78 is 16.6. The summed E-state index contributed by atoms with van der Waals surface area (Å²) in [7, 11) is 0. The Hall–Kier alpha value is -3.41. The van der Waals surface area contributed by atoms with Crippen LogP contribution in [0.1, 0.15) is 213 Å². The van der Waals surface area contributed by atoms with Crippen molar-refractivity contribution in [2.75, 3.05) is 13.2 Å². The van der Waals surface area contributed by atoms with Crippen LogP contribution >= 0.6 is 0 Å².